The Kier molecular flexibility index (Phi) is 4.22. The fourth-order valence-corrected chi connectivity index (χ4v) is 1.51. The Hall–Kier alpha value is -1.65. The maximum atomic E-state index is 11.8. The Morgan fingerprint density at radius 3 is 2.88 bits per heavy atom. The number of nitrogens with one attached hydrogen (secondary N) is 1. The number of hydrazine groups is 1. The standard InChI is InChI=1S/C9H15N5O2/c10-5-6-3-4-13-14(6)9(16)7(11)1-2-8(12)15/h6-7,13H,1-4,11H2,(H2,12,15)/t6?,7-/m0/s1. The van der Waals surface area contributed by atoms with E-state index in [0.717, 1.165) is 0 Å². The minimum absolute atomic E-state index is 0.0674. The zero-order valence-electron chi connectivity index (χ0n) is 8.85. The predicted molar refractivity (Wildman–Crippen MR) is 55.3 cm³/mol. The summed E-state index contributed by atoms with van der Waals surface area (Å²) in [5.41, 5.74) is 13.4. The van der Waals surface area contributed by atoms with Crippen molar-refractivity contribution in [1.82, 2.24) is 10.4 Å². The molecule has 0 radical (unpaired) electrons. The lowest BCUT2D eigenvalue weighted by Crippen LogP contribution is -2.50. The summed E-state index contributed by atoms with van der Waals surface area (Å²) in [5, 5.41) is 10.0. The summed E-state index contributed by atoms with van der Waals surface area (Å²) in [6.07, 6.45) is 0.854. The lowest BCUT2D eigenvalue weighted by atomic mass is 10.1. The molecule has 0 bridgehead atoms. The number of primary amides is 1. The average Bonchev–Trinajstić information content (AvgIpc) is 2.72. The lowest BCUT2D eigenvalue weighted by molar-refractivity contribution is -0.135. The molecule has 1 fully saturated rings. The normalized spacial score (nSPS) is 21.5. The minimum Gasteiger partial charge on any atom is -0.370 e. The fraction of sp³-hybridized carbons (Fsp3) is 0.667. The van der Waals surface area contributed by atoms with E-state index in [1.54, 1.807) is 0 Å². The largest absolute Gasteiger partial charge is 0.370 e. The van der Waals surface area contributed by atoms with E-state index in [-0.39, 0.29) is 18.7 Å². The van der Waals surface area contributed by atoms with Crippen LogP contribution in [0.2, 0.25) is 0 Å². The van der Waals surface area contributed by atoms with Crippen LogP contribution in [0.4, 0.5) is 0 Å². The zero-order chi connectivity index (χ0) is 12.1. The lowest BCUT2D eigenvalue weighted by Gasteiger charge is -2.22. The number of nitrogens with two attached hydrogens (primary N) is 2. The van der Waals surface area contributed by atoms with E-state index in [9.17, 15) is 9.59 Å². The Bertz CT molecular complexity index is 324. The molecule has 1 unspecified atom stereocenters. The zero-order valence-corrected chi connectivity index (χ0v) is 8.85. The van der Waals surface area contributed by atoms with Gasteiger partial charge in [0.05, 0.1) is 12.1 Å². The van der Waals surface area contributed by atoms with E-state index < -0.39 is 18.0 Å². The quantitative estimate of drug-likeness (QED) is 0.521. The average molecular weight is 225 g/mol. The van der Waals surface area contributed by atoms with Crippen LogP contribution in [0.1, 0.15) is 19.3 Å². The first-order valence-corrected chi connectivity index (χ1v) is 5.06. The van der Waals surface area contributed by atoms with Gasteiger partial charge in [-0.1, -0.05) is 0 Å². The van der Waals surface area contributed by atoms with E-state index in [0.29, 0.717) is 13.0 Å². The van der Waals surface area contributed by atoms with Crippen molar-refractivity contribution >= 4 is 11.8 Å². The molecule has 0 aliphatic carbocycles. The first kappa shape index (κ1) is 12.4. The van der Waals surface area contributed by atoms with Crippen LogP contribution in [0, 0.1) is 11.3 Å². The highest BCUT2D eigenvalue weighted by atomic mass is 16.2. The molecule has 2 atom stereocenters. The van der Waals surface area contributed by atoms with E-state index in [2.05, 4.69) is 5.43 Å². The van der Waals surface area contributed by atoms with Crippen molar-refractivity contribution in [2.24, 2.45) is 11.5 Å². The number of rotatable bonds is 4. The van der Waals surface area contributed by atoms with E-state index in [1.807, 2.05) is 6.07 Å². The van der Waals surface area contributed by atoms with Gasteiger partial charge < -0.3 is 11.5 Å². The first-order chi connectivity index (χ1) is 7.56. The molecule has 1 heterocycles. The van der Waals surface area contributed by atoms with Gasteiger partial charge in [0.15, 0.2) is 0 Å². The number of nitriles is 1. The van der Waals surface area contributed by atoms with Gasteiger partial charge in [-0.05, 0) is 12.8 Å². The molecule has 1 saturated heterocycles. The molecule has 7 nitrogen and oxygen atoms in total. The molecular weight excluding hydrogens is 210 g/mol. The van der Waals surface area contributed by atoms with Crippen molar-refractivity contribution in [2.45, 2.75) is 31.3 Å². The predicted octanol–water partition coefficient (Wildman–Crippen LogP) is -1.79. The third-order valence-corrected chi connectivity index (χ3v) is 2.42. The molecule has 0 spiro atoms. The second kappa shape index (κ2) is 5.44. The van der Waals surface area contributed by atoms with Gasteiger partial charge in [-0.2, -0.15) is 5.26 Å². The third kappa shape index (κ3) is 2.92. The van der Waals surface area contributed by atoms with Crippen molar-refractivity contribution in [2.75, 3.05) is 6.54 Å². The van der Waals surface area contributed by atoms with E-state index in [4.69, 9.17) is 16.7 Å². The highest BCUT2D eigenvalue weighted by molar-refractivity contribution is 5.83. The molecule has 5 N–H and O–H groups in total. The molecule has 2 amide bonds. The summed E-state index contributed by atoms with van der Waals surface area (Å²) in [6.45, 7) is 0.576. The summed E-state index contributed by atoms with van der Waals surface area (Å²) < 4.78 is 0. The van der Waals surface area contributed by atoms with Crippen molar-refractivity contribution < 1.29 is 9.59 Å². The van der Waals surface area contributed by atoms with Gasteiger partial charge in [0.25, 0.3) is 5.91 Å². The Morgan fingerprint density at radius 1 is 1.62 bits per heavy atom. The van der Waals surface area contributed by atoms with Crippen LogP contribution in [-0.2, 0) is 9.59 Å². The molecule has 0 aromatic heterocycles. The van der Waals surface area contributed by atoms with Crippen molar-refractivity contribution in [1.29, 1.82) is 5.26 Å². The molecule has 0 aromatic rings. The number of nitrogens with zero attached hydrogens (tertiary/aromatic N) is 2. The van der Waals surface area contributed by atoms with Gasteiger partial charge >= 0.3 is 0 Å². The fourth-order valence-electron chi connectivity index (χ4n) is 1.51. The topological polar surface area (TPSA) is 125 Å². The molecule has 16 heavy (non-hydrogen) atoms. The Labute approximate surface area is 93.3 Å². The van der Waals surface area contributed by atoms with Gasteiger partial charge in [-0.3, -0.25) is 14.6 Å². The third-order valence-electron chi connectivity index (χ3n) is 2.42. The number of carbonyl (C=O) groups excluding carboxylic acids is 2. The van der Waals surface area contributed by atoms with Crippen LogP contribution in [0.25, 0.3) is 0 Å². The molecule has 0 aromatic carbocycles. The Balaban J connectivity index is 2.50. The molecular formula is C9H15N5O2. The van der Waals surface area contributed by atoms with Crippen molar-refractivity contribution in [3.05, 3.63) is 0 Å². The monoisotopic (exact) mass is 225 g/mol. The maximum Gasteiger partial charge on any atom is 0.254 e. The number of amides is 2. The van der Waals surface area contributed by atoms with E-state index >= 15 is 0 Å². The number of carbonyl (C=O) groups is 2. The highest BCUT2D eigenvalue weighted by Crippen LogP contribution is 2.10. The summed E-state index contributed by atoms with van der Waals surface area (Å²) in [5.74, 6) is -0.861. The van der Waals surface area contributed by atoms with Crippen LogP contribution >= 0.6 is 0 Å². The van der Waals surface area contributed by atoms with Crippen molar-refractivity contribution in [3.63, 3.8) is 0 Å². The first-order valence-electron chi connectivity index (χ1n) is 5.06. The maximum absolute atomic E-state index is 11.8. The second-order valence-corrected chi connectivity index (χ2v) is 3.66. The van der Waals surface area contributed by atoms with Gasteiger partial charge in [0.2, 0.25) is 5.91 Å². The number of hydrogen-bond donors (Lipinski definition) is 3. The van der Waals surface area contributed by atoms with Gasteiger partial charge in [-0.15, -0.1) is 0 Å². The summed E-state index contributed by atoms with van der Waals surface area (Å²) in [4.78, 5) is 22.3. The molecule has 1 aliphatic heterocycles. The minimum atomic E-state index is -0.797. The van der Waals surface area contributed by atoms with Crippen LogP contribution in [-0.4, -0.2) is 35.5 Å². The van der Waals surface area contributed by atoms with Crippen LogP contribution in [0.3, 0.4) is 0 Å². The van der Waals surface area contributed by atoms with Gasteiger partial charge in [0.1, 0.15) is 6.04 Å². The summed E-state index contributed by atoms with van der Waals surface area (Å²) in [6, 6.07) is 0.733. The second-order valence-electron chi connectivity index (χ2n) is 3.66. The SMILES string of the molecule is N#CC1CCNN1C(=O)[C@@H](N)CCC(N)=O. The van der Waals surface area contributed by atoms with Crippen LogP contribution in [0.15, 0.2) is 0 Å². The molecule has 1 rings (SSSR count). The van der Waals surface area contributed by atoms with E-state index in [1.165, 1.54) is 5.01 Å². The van der Waals surface area contributed by atoms with Crippen molar-refractivity contribution in [3.8, 4) is 6.07 Å². The molecule has 0 saturated carbocycles. The molecule has 88 valence electrons. The summed E-state index contributed by atoms with van der Waals surface area (Å²) >= 11 is 0. The number of hydrogen-bond acceptors (Lipinski definition) is 5. The van der Waals surface area contributed by atoms with Gasteiger partial charge in [-0.25, -0.2) is 5.43 Å². The Morgan fingerprint density at radius 2 is 2.31 bits per heavy atom. The molecule has 1 aliphatic rings. The molecule has 7 heteroatoms. The van der Waals surface area contributed by atoms with Gasteiger partial charge in [0, 0.05) is 13.0 Å². The highest BCUT2D eigenvalue weighted by Gasteiger charge is 2.31. The summed E-state index contributed by atoms with van der Waals surface area (Å²) in [7, 11) is 0. The smallest absolute Gasteiger partial charge is 0.254 e. The van der Waals surface area contributed by atoms with Crippen LogP contribution < -0.4 is 16.9 Å². The van der Waals surface area contributed by atoms with Crippen LogP contribution in [0.5, 0.6) is 0 Å².